The first kappa shape index (κ1) is 11.4. The molecule has 88 valence electrons. The minimum atomic E-state index is -0.0894. The fourth-order valence-electron chi connectivity index (χ4n) is 1.64. The van der Waals surface area contributed by atoms with E-state index >= 15 is 0 Å². The van der Waals surface area contributed by atoms with E-state index in [9.17, 15) is 4.79 Å². The molecule has 0 N–H and O–H groups in total. The van der Waals surface area contributed by atoms with Gasteiger partial charge in [-0.15, -0.1) is 0 Å². The first-order valence-corrected chi connectivity index (χ1v) is 5.31. The Hall–Kier alpha value is -2.10. The lowest BCUT2D eigenvalue weighted by molar-refractivity contribution is -0.121. The van der Waals surface area contributed by atoms with Crippen LogP contribution < -0.4 is 4.74 Å². The highest BCUT2D eigenvalue weighted by molar-refractivity contribution is 6.13. The van der Waals surface area contributed by atoms with Gasteiger partial charge in [0.05, 0.1) is 7.11 Å². The molecule has 1 aromatic rings. The highest BCUT2D eigenvalue weighted by atomic mass is 16.5. The highest BCUT2D eigenvalue weighted by Gasteiger charge is 2.23. The van der Waals surface area contributed by atoms with Gasteiger partial charge < -0.3 is 4.74 Å². The molecule has 4 heteroatoms. The second kappa shape index (κ2) is 4.41. The van der Waals surface area contributed by atoms with Gasteiger partial charge in [-0.2, -0.15) is 0 Å². The Morgan fingerprint density at radius 3 is 2.65 bits per heavy atom. The van der Waals surface area contributed by atoms with Gasteiger partial charge in [0.1, 0.15) is 17.3 Å². The van der Waals surface area contributed by atoms with Crippen molar-refractivity contribution in [2.24, 2.45) is 4.99 Å². The summed E-state index contributed by atoms with van der Waals surface area (Å²) >= 11 is 0. The predicted octanol–water partition coefficient (Wildman–Crippen LogP) is 1.93. The predicted molar refractivity (Wildman–Crippen MR) is 66.9 cm³/mol. The van der Waals surface area contributed by atoms with E-state index in [-0.39, 0.29) is 5.91 Å². The Balaban J connectivity index is 2.41. The molecule has 2 rings (SSSR count). The van der Waals surface area contributed by atoms with Crippen LogP contribution >= 0.6 is 0 Å². The molecule has 0 aliphatic carbocycles. The Labute approximate surface area is 100 Å². The molecule has 0 radical (unpaired) electrons. The molecule has 0 unspecified atom stereocenters. The average molecular weight is 230 g/mol. The number of likely N-dealkylation sites (N-methyl/N-ethyl adjacent to an activating group) is 1. The van der Waals surface area contributed by atoms with E-state index in [1.807, 2.05) is 24.3 Å². The molecule has 4 nitrogen and oxygen atoms in total. The molecule has 0 spiro atoms. The van der Waals surface area contributed by atoms with Crippen molar-refractivity contribution in [1.29, 1.82) is 0 Å². The Kier molecular flexibility index (Phi) is 2.95. The van der Waals surface area contributed by atoms with Gasteiger partial charge in [0.2, 0.25) is 0 Å². The standard InChI is InChI=1S/C13H14N2O2/c1-9-14-11(13(16)15(9)2)8-10-6-4-5-7-12(10)17-3/h4-8H,1-3H3. The molecular formula is C13H14N2O2. The van der Waals surface area contributed by atoms with Crippen LogP contribution in [0.4, 0.5) is 0 Å². The van der Waals surface area contributed by atoms with E-state index in [1.54, 1.807) is 27.2 Å². The fourth-order valence-corrected chi connectivity index (χ4v) is 1.64. The molecule has 1 aliphatic heterocycles. The molecule has 1 amide bonds. The third-order valence-electron chi connectivity index (χ3n) is 2.72. The summed E-state index contributed by atoms with van der Waals surface area (Å²) in [4.78, 5) is 17.6. The first-order valence-electron chi connectivity index (χ1n) is 5.31. The van der Waals surface area contributed by atoms with Gasteiger partial charge in [-0.05, 0) is 19.1 Å². The second-order valence-electron chi connectivity index (χ2n) is 3.79. The van der Waals surface area contributed by atoms with Gasteiger partial charge in [0, 0.05) is 12.6 Å². The van der Waals surface area contributed by atoms with E-state index in [1.165, 1.54) is 4.90 Å². The van der Waals surface area contributed by atoms with Crippen LogP contribution in [-0.4, -0.2) is 30.8 Å². The third-order valence-corrected chi connectivity index (χ3v) is 2.72. The third kappa shape index (κ3) is 2.06. The molecule has 0 fully saturated rings. The Bertz CT molecular complexity index is 518. The van der Waals surface area contributed by atoms with Crippen molar-refractivity contribution < 1.29 is 9.53 Å². The van der Waals surface area contributed by atoms with E-state index in [4.69, 9.17) is 4.74 Å². The SMILES string of the molecule is COc1ccccc1C=C1N=C(C)N(C)C1=O. The van der Waals surface area contributed by atoms with Crippen molar-refractivity contribution >= 4 is 17.8 Å². The van der Waals surface area contributed by atoms with Gasteiger partial charge >= 0.3 is 0 Å². The number of para-hydroxylation sites is 1. The maximum atomic E-state index is 11.8. The monoisotopic (exact) mass is 230 g/mol. The molecule has 0 saturated heterocycles. The van der Waals surface area contributed by atoms with E-state index in [0.717, 1.165) is 11.3 Å². The van der Waals surface area contributed by atoms with E-state index < -0.39 is 0 Å². The van der Waals surface area contributed by atoms with E-state index in [2.05, 4.69) is 4.99 Å². The quantitative estimate of drug-likeness (QED) is 0.728. The molecule has 17 heavy (non-hydrogen) atoms. The summed E-state index contributed by atoms with van der Waals surface area (Å²) in [5.41, 5.74) is 1.29. The lowest BCUT2D eigenvalue weighted by Crippen LogP contribution is -2.25. The van der Waals surface area contributed by atoms with Crippen LogP contribution in [0, 0.1) is 0 Å². The zero-order valence-electron chi connectivity index (χ0n) is 10.1. The summed E-state index contributed by atoms with van der Waals surface area (Å²) in [6.45, 7) is 1.81. The topological polar surface area (TPSA) is 41.9 Å². The van der Waals surface area contributed by atoms with Gasteiger partial charge in [-0.3, -0.25) is 9.69 Å². The molecule has 0 bridgehead atoms. The number of benzene rings is 1. The number of carbonyl (C=O) groups is 1. The van der Waals surface area contributed by atoms with Crippen LogP contribution in [0.2, 0.25) is 0 Å². The summed E-state index contributed by atoms with van der Waals surface area (Å²) in [7, 11) is 3.32. The van der Waals surface area contributed by atoms with Crippen molar-refractivity contribution in [3.05, 3.63) is 35.5 Å². The van der Waals surface area contributed by atoms with Crippen LogP contribution in [-0.2, 0) is 4.79 Å². The number of methoxy groups -OCH3 is 1. The molecule has 0 atom stereocenters. The first-order chi connectivity index (χ1) is 8.13. The number of rotatable bonds is 2. The lowest BCUT2D eigenvalue weighted by atomic mass is 10.1. The number of amidine groups is 1. The molecular weight excluding hydrogens is 216 g/mol. The molecule has 1 aromatic carbocycles. The Morgan fingerprint density at radius 2 is 2.06 bits per heavy atom. The second-order valence-corrected chi connectivity index (χ2v) is 3.79. The summed E-state index contributed by atoms with van der Waals surface area (Å²) in [5, 5.41) is 0. The summed E-state index contributed by atoms with van der Waals surface area (Å²) < 4.78 is 5.23. The van der Waals surface area contributed by atoms with Crippen LogP contribution in [0.25, 0.3) is 6.08 Å². The Morgan fingerprint density at radius 1 is 1.35 bits per heavy atom. The van der Waals surface area contributed by atoms with Crippen molar-refractivity contribution in [2.45, 2.75) is 6.92 Å². The summed E-state index contributed by atoms with van der Waals surface area (Å²) in [6, 6.07) is 7.53. The number of nitrogens with zero attached hydrogens (tertiary/aromatic N) is 2. The lowest BCUT2D eigenvalue weighted by Gasteiger charge is -2.06. The molecule has 0 saturated carbocycles. The number of ether oxygens (including phenoxy) is 1. The molecule has 1 heterocycles. The largest absolute Gasteiger partial charge is 0.496 e. The summed E-state index contributed by atoms with van der Waals surface area (Å²) in [5.74, 6) is 1.35. The van der Waals surface area contributed by atoms with Crippen molar-refractivity contribution in [3.8, 4) is 5.75 Å². The van der Waals surface area contributed by atoms with Crippen LogP contribution in [0.1, 0.15) is 12.5 Å². The van der Waals surface area contributed by atoms with Crippen molar-refractivity contribution in [1.82, 2.24) is 4.90 Å². The minimum Gasteiger partial charge on any atom is -0.496 e. The normalized spacial score (nSPS) is 17.6. The number of hydrogen-bond donors (Lipinski definition) is 0. The minimum absolute atomic E-state index is 0.0894. The zero-order valence-corrected chi connectivity index (χ0v) is 10.1. The average Bonchev–Trinajstić information content (AvgIpc) is 2.58. The van der Waals surface area contributed by atoms with Crippen LogP contribution in [0.3, 0.4) is 0 Å². The fraction of sp³-hybridized carbons (Fsp3) is 0.231. The van der Waals surface area contributed by atoms with Crippen molar-refractivity contribution in [3.63, 3.8) is 0 Å². The number of amides is 1. The van der Waals surface area contributed by atoms with Crippen LogP contribution in [0.15, 0.2) is 35.0 Å². The maximum absolute atomic E-state index is 11.8. The van der Waals surface area contributed by atoms with Gasteiger partial charge in [0.25, 0.3) is 5.91 Å². The maximum Gasteiger partial charge on any atom is 0.277 e. The van der Waals surface area contributed by atoms with Gasteiger partial charge in [0.15, 0.2) is 0 Å². The smallest absolute Gasteiger partial charge is 0.277 e. The highest BCUT2D eigenvalue weighted by Crippen LogP contribution is 2.23. The number of aliphatic imine (C=N–C) groups is 1. The van der Waals surface area contributed by atoms with Gasteiger partial charge in [-0.25, -0.2) is 4.99 Å². The van der Waals surface area contributed by atoms with Gasteiger partial charge in [-0.1, -0.05) is 18.2 Å². The number of carbonyl (C=O) groups excluding carboxylic acids is 1. The van der Waals surface area contributed by atoms with E-state index in [0.29, 0.717) is 11.5 Å². The van der Waals surface area contributed by atoms with Crippen molar-refractivity contribution in [2.75, 3.05) is 14.2 Å². The molecule has 1 aliphatic rings. The summed E-state index contributed by atoms with van der Waals surface area (Å²) in [6.07, 6.45) is 1.74. The molecule has 0 aromatic heterocycles. The zero-order chi connectivity index (χ0) is 12.4. The van der Waals surface area contributed by atoms with Crippen LogP contribution in [0.5, 0.6) is 5.75 Å². The number of hydrogen-bond acceptors (Lipinski definition) is 3.